The lowest BCUT2D eigenvalue weighted by atomic mass is 9.77. The van der Waals surface area contributed by atoms with E-state index in [-0.39, 0.29) is 19.3 Å². The number of benzene rings is 5. The predicted molar refractivity (Wildman–Crippen MR) is 324 cm³/mol. The van der Waals surface area contributed by atoms with E-state index in [2.05, 4.69) is 41.9 Å². The molecule has 0 bridgehead atoms. The van der Waals surface area contributed by atoms with Crippen LogP contribution in [0.4, 0.5) is 4.79 Å². The molecule has 86 heavy (non-hydrogen) atoms. The molecule has 0 fully saturated rings. The lowest BCUT2D eigenvalue weighted by molar-refractivity contribution is -0.145. The van der Waals surface area contributed by atoms with Gasteiger partial charge in [-0.1, -0.05) is 152 Å². The van der Waals surface area contributed by atoms with Crippen LogP contribution >= 0.6 is 0 Å². The Labute approximate surface area is 502 Å². The summed E-state index contributed by atoms with van der Waals surface area (Å²) in [4.78, 5) is 111. The van der Waals surface area contributed by atoms with Gasteiger partial charge in [0.1, 0.15) is 41.3 Å². The molecular formula is C66H78N10O10. The van der Waals surface area contributed by atoms with Gasteiger partial charge in [0.2, 0.25) is 29.5 Å². The van der Waals surface area contributed by atoms with Gasteiger partial charge in [-0.25, -0.2) is 19.6 Å². The summed E-state index contributed by atoms with van der Waals surface area (Å²) in [6, 6.07) is 39.1. The number of aryl methyl sites for hydroxylation is 1. The van der Waals surface area contributed by atoms with E-state index in [4.69, 9.17) is 14.2 Å². The number of hydrogen-bond donors (Lipinski definition) is 6. The van der Waals surface area contributed by atoms with Gasteiger partial charge in [-0.3, -0.25) is 24.0 Å². The maximum atomic E-state index is 15.4. The van der Waals surface area contributed by atoms with E-state index in [1.165, 1.54) is 7.11 Å². The Morgan fingerprint density at radius 2 is 1.03 bits per heavy atom. The van der Waals surface area contributed by atoms with Crippen LogP contribution in [0.2, 0.25) is 0 Å². The number of methoxy groups -OCH3 is 1. The fraction of sp³-hybridized carbons (Fsp3) is 0.348. The van der Waals surface area contributed by atoms with Gasteiger partial charge >= 0.3 is 12.1 Å². The summed E-state index contributed by atoms with van der Waals surface area (Å²) in [7, 11) is 2.91. The molecule has 0 aliphatic carbocycles. The van der Waals surface area contributed by atoms with Gasteiger partial charge < -0.3 is 55.2 Å². The first-order valence-electron chi connectivity index (χ1n) is 28.5. The van der Waals surface area contributed by atoms with Crippen molar-refractivity contribution in [2.75, 3.05) is 7.11 Å². The molecule has 20 heteroatoms. The Balaban J connectivity index is 1.28. The van der Waals surface area contributed by atoms with Crippen LogP contribution in [0.5, 0.6) is 0 Å². The highest BCUT2D eigenvalue weighted by molar-refractivity contribution is 5.98. The van der Waals surface area contributed by atoms with Gasteiger partial charge in [0.05, 0.1) is 43.6 Å². The number of alkyl carbamates (subject to hydrolysis) is 1. The van der Waals surface area contributed by atoms with Crippen LogP contribution < -0.4 is 31.9 Å². The van der Waals surface area contributed by atoms with Crippen molar-refractivity contribution >= 4 is 41.6 Å². The van der Waals surface area contributed by atoms with Crippen molar-refractivity contribution in [3.8, 4) is 0 Å². The minimum atomic E-state index is -1.72. The highest BCUT2D eigenvalue weighted by Crippen LogP contribution is 2.37. The Bertz CT molecular complexity index is 3270. The number of aromatic nitrogens is 4. The highest BCUT2D eigenvalue weighted by atomic mass is 16.6. The Morgan fingerprint density at radius 1 is 0.547 bits per heavy atom. The molecule has 6 amide bonds. The number of ether oxygens (including phenoxy) is 3. The molecule has 7 rings (SSSR count). The SMILES string of the molecule is COC(=O)[C@H](Cc1ccccc1)NC(=O)[C@H](CC(=O)NC(c1ccccc1)(c1ccccc1)c1ccccc1)NC(=O)[C@H](Cc1cn(Cc2ccccc2)cn1)NC(=O)[C@H](NC(=O)[C@H](Cc1cncn1C)NC(=O)OC(C)(C)C)[C@@H](C)OC(C)(C)C. The minimum Gasteiger partial charge on any atom is -0.467 e. The zero-order valence-corrected chi connectivity index (χ0v) is 50.1. The van der Waals surface area contributed by atoms with E-state index >= 15 is 19.2 Å². The second-order valence-corrected chi connectivity index (χ2v) is 23.0. The average molecular weight is 1170 g/mol. The highest BCUT2D eigenvalue weighted by Gasteiger charge is 2.41. The van der Waals surface area contributed by atoms with Gasteiger partial charge in [0, 0.05) is 50.9 Å². The molecule has 5 aromatic carbocycles. The third-order valence-corrected chi connectivity index (χ3v) is 13.9. The molecule has 452 valence electrons. The summed E-state index contributed by atoms with van der Waals surface area (Å²) in [6.45, 7) is 12.4. The summed E-state index contributed by atoms with van der Waals surface area (Å²) in [6.07, 6.45) is 3.39. The van der Waals surface area contributed by atoms with Crippen LogP contribution in [0, 0.1) is 0 Å². The molecule has 6 N–H and O–H groups in total. The molecule has 6 atom stereocenters. The van der Waals surface area contributed by atoms with Crippen molar-refractivity contribution in [2.24, 2.45) is 7.05 Å². The molecule has 0 aliphatic rings. The van der Waals surface area contributed by atoms with E-state index < -0.39 is 101 Å². The molecule has 0 unspecified atom stereocenters. The molecule has 0 saturated carbocycles. The first kappa shape index (κ1) is 64.1. The first-order chi connectivity index (χ1) is 41.0. The maximum absolute atomic E-state index is 15.4. The van der Waals surface area contributed by atoms with Crippen LogP contribution in [0.3, 0.4) is 0 Å². The molecule has 0 radical (unpaired) electrons. The lowest BCUT2D eigenvalue weighted by Crippen LogP contribution is -2.62. The van der Waals surface area contributed by atoms with Crippen molar-refractivity contribution in [3.05, 3.63) is 216 Å². The molecule has 0 aliphatic heterocycles. The number of carbonyl (C=O) groups excluding carboxylic acids is 7. The third-order valence-electron chi connectivity index (χ3n) is 13.9. The van der Waals surface area contributed by atoms with Crippen LogP contribution in [-0.4, -0.2) is 115 Å². The first-order valence-corrected chi connectivity index (χ1v) is 28.5. The number of imidazole rings is 2. The molecule has 7 aromatic rings. The normalized spacial score (nSPS) is 13.7. The van der Waals surface area contributed by atoms with Crippen molar-refractivity contribution in [1.29, 1.82) is 0 Å². The molecule has 2 aromatic heterocycles. The van der Waals surface area contributed by atoms with Gasteiger partial charge in [0.25, 0.3) is 0 Å². The smallest absolute Gasteiger partial charge is 0.408 e. The summed E-state index contributed by atoms with van der Waals surface area (Å²) >= 11 is 0. The van der Waals surface area contributed by atoms with Crippen molar-refractivity contribution in [2.45, 2.75) is 134 Å². The number of nitrogens with zero attached hydrogens (tertiary/aromatic N) is 4. The summed E-state index contributed by atoms with van der Waals surface area (Å²) < 4.78 is 20.5. The quantitative estimate of drug-likeness (QED) is 0.0255. The average Bonchev–Trinajstić information content (AvgIpc) is 1.65. The summed E-state index contributed by atoms with van der Waals surface area (Å²) in [5, 5.41) is 17.1. The number of esters is 1. The third kappa shape index (κ3) is 18.3. The number of amides is 6. The van der Waals surface area contributed by atoms with Crippen LogP contribution in [0.15, 0.2) is 177 Å². The standard InChI is InChI=1S/C66H78N10O10/c1-44(85-64(2,3)4)57(73-60(80)53(37-51-39-67-42-75(51)8)72-63(83)86-65(5,6)7)61(81)70-52(36-50-41-76(43-68-50)40-46-27-17-11-18-28-46)58(78)69-54(59(79)71-55(62(82)84-9)35-45-25-15-10-16-26-45)38-56(77)74-66(47-29-19-12-20-30-47,48-31-21-13-22-32-48)49-33-23-14-24-34-49/h10-34,39,41-44,52-55,57H,35-38,40H2,1-9H3,(H,69,78)(H,70,81)(H,71,79)(H,72,83)(H,73,80)(H,74,77)/t44-,52+,53+,54+,55+,57-/m1/s1. The zero-order chi connectivity index (χ0) is 62.0. The minimum absolute atomic E-state index is 0.00622. The number of nitrogens with one attached hydrogen (secondary N) is 6. The van der Waals surface area contributed by atoms with Crippen LogP contribution in [0.1, 0.15) is 94.1 Å². The zero-order valence-electron chi connectivity index (χ0n) is 50.1. The lowest BCUT2D eigenvalue weighted by Gasteiger charge is -2.37. The van der Waals surface area contributed by atoms with E-state index in [9.17, 15) is 14.4 Å². The second kappa shape index (κ2) is 29.4. The van der Waals surface area contributed by atoms with E-state index in [0.29, 0.717) is 40.2 Å². The van der Waals surface area contributed by atoms with Crippen LogP contribution in [0.25, 0.3) is 0 Å². The number of hydrogen-bond acceptors (Lipinski definition) is 12. The predicted octanol–water partition coefficient (Wildman–Crippen LogP) is 6.40. The van der Waals surface area contributed by atoms with Crippen molar-refractivity contribution in [1.82, 2.24) is 51.0 Å². The molecule has 0 saturated heterocycles. The van der Waals surface area contributed by atoms with Gasteiger partial charge in [-0.05, 0) is 76.3 Å². The topological polar surface area (TPSA) is 255 Å². The Hall–Kier alpha value is -9.43. The van der Waals surface area contributed by atoms with Crippen molar-refractivity contribution < 1.29 is 47.8 Å². The fourth-order valence-electron chi connectivity index (χ4n) is 9.96. The molecular weight excluding hydrogens is 1090 g/mol. The number of rotatable bonds is 26. The maximum Gasteiger partial charge on any atom is 0.408 e. The van der Waals surface area contributed by atoms with Gasteiger partial charge in [-0.2, -0.15) is 0 Å². The fourth-order valence-corrected chi connectivity index (χ4v) is 9.96. The molecule has 2 heterocycles. The van der Waals surface area contributed by atoms with Gasteiger partial charge in [-0.15, -0.1) is 0 Å². The van der Waals surface area contributed by atoms with Crippen LogP contribution in [-0.2, 0) is 81.4 Å². The molecule has 20 nitrogen and oxygen atoms in total. The largest absolute Gasteiger partial charge is 0.467 e. The van der Waals surface area contributed by atoms with E-state index in [1.54, 1.807) is 109 Å². The summed E-state index contributed by atoms with van der Waals surface area (Å²) in [5.41, 5.74) is 1.51. The molecule has 0 spiro atoms. The van der Waals surface area contributed by atoms with E-state index in [0.717, 1.165) is 5.56 Å². The monoisotopic (exact) mass is 1170 g/mol. The van der Waals surface area contributed by atoms with Crippen molar-refractivity contribution in [3.63, 3.8) is 0 Å². The Morgan fingerprint density at radius 3 is 1.55 bits per heavy atom. The van der Waals surface area contributed by atoms with Gasteiger partial charge in [0.15, 0.2) is 0 Å². The number of carbonyl (C=O) groups is 7. The summed E-state index contributed by atoms with van der Waals surface area (Å²) in [5.74, 6) is -5.00. The van der Waals surface area contributed by atoms with E-state index in [1.807, 2.05) is 132 Å². The second-order valence-electron chi connectivity index (χ2n) is 23.0. The Kier molecular flexibility index (Phi) is 21.9.